The molecule has 1 aliphatic heterocycles. The Bertz CT molecular complexity index is 1160. The summed E-state index contributed by atoms with van der Waals surface area (Å²) < 4.78 is 19.6. The summed E-state index contributed by atoms with van der Waals surface area (Å²) in [5.41, 5.74) is 2.12. The summed E-state index contributed by atoms with van der Waals surface area (Å²) in [4.78, 5) is 40.0. The van der Waals surface area contributed by atoms with Gasteiger partial charge in [0.1, 0.15) is 5.82 Å². The van der Waals surface area contributed by atoms with E-state index >= 15 is 0 Å². The van der Waals surface area contributed by atoms with E-state index in [2.05, 4.69) is 15.6 Å². The van der Waals surface area contributed by atoms with Crippen molar-refractivity contribution in [2.24, 2.45) is 0 Å². The molecule has 1 atom stereocenters. The molecule has 0 saturated heterocycles. The van der Waals surface area contributed by atoms with Crippen LogP contribution in [-0.4, -0.2) is 28.9 Å². The monoisotopic (exact) mass is 425 g/mol. The second-order valence-electron chi connectivity index (χ2n) is 6.66. The summed E-state index contributed by atoms with van der Waals surface area (Å²) in [6.45, 7) is 1.34. The highest BCUT2D eigenvalue weighted by molar-refractivity contribution is 7.14. The number of aromatic nitrogens is 1. The van der Waals surface area contributed by atoms with Gasteiger partial charge < -0.3 is 10.1 Å². The molecule has 0 bridgehead atoms. The number of halogens is 1. The van der Waals surface area contributed by atoms with Crippen molar-refractivity contribution < 1.29 is 23.5 Å². The molecule has 152 valence electrons. The van der Waals surface area contributed by atoms with Gasteiger partial charge in [-0.15, -0.1) is 11.3 Å². The minimum Gasteiger partial charge on any atom is -0.448 e. The van der Waals surface area contributed by atoms with Crippen LogP contribution in [0.3, 0.4) is 0 Å². The van der Waals surface area contributed by atoms with E-state index in [0.29, 0.717) is 16.9 Å². The van der Waals surface area contributed by atoms with E-state index in [0.717, 1.165) is 16.9 Å². The van der Waals surface area contributed by atoms with Crippen molar-refractivity contribution in [3.63, 3.8) is 0 Å². The summed E-state index contributed by atoms with van der Waals surface area (Å²) in [7, 11) is 0. The van der Waals surface area contributed by atoms with Crippen molar-refractivity contribution >= 4 is 39.9 Å². The number of hydrogen-bond acceptors (Lipinski definition) is 6. The first kappa shape index (κ1) is 19.7. The molecule has 0 aliphatic carbocycles. The number of carbonyl (C=O) groups excluding carboxylic acids is 3. The molecule has 0 radical (unpaired) electrons. The molecule has 2 heterocycles. The molecule has 2 N–H and O–H groups in total. The van der Waals surface area contributed by atoms with Crippen LogP contribution in [0.25, 0.3) is 11.3 Å². The number of nitrogens with zero attached hydrogens (tertiary/aromatic N) is 1. The number of fused-ring (bicyclic) bond motifs is 1. The number of carbonyl (C=O) groups is 3. The zero-order valence-corrected chi connectivity index (χ0v) is 16.6. The lowest BCUT2D eigenvalue weighted by Crippen LogP contribution is -2.37. The Morgan fingerprint density at radius 2 is 1.97 bits per heavy atom. The van der Waals surface area contributed by atoms with Gasteiger partial charge in [0.2, 0.25) is 5.91 Å². The summed E-state index contributed by atoms with van der Waals surface area (Å²) in [5, 5.41) is 6.99. The molecule has 7 nitrogen and oxygen atoms in total. The number of nitrogens with one attached hydrogen (secondary N) is 2. The van der Waals surface area contributed by atoms with Gasteiger partial charge in [-0.25, -0.2) is 14.2 Å². The van der Waals surface area contributed by atoms with Crippen molar-refractivity contribution in [2.75, 3.05) is 10.6 Å². The molecule has 4 rings (SSSR count). The van der Waals surface area contributed by atoms with Crippen molar-refractivity contribution in [3.8, 4) is 11.3 Å². The average Bonchev–Trinajstić information content (AvgIpc) is 3.15. The number of benzene rings is 2. The molecule has 0 unspecified atom stereocenters. The molecule has 30 heavy (non-hydrogen) atoms. The Hall–Kier alpha value is -3.59. The van der Waals surface area contributed by atoms with Crippen LogP contribution in [-0.2, 0) is 20.7 Å². The predicted octanol–water partition coefficient (Wildman–Crippen LogP) is 3.63. The van der Waals surface area contributed by atoms with E-state index in [9.17, 15) is 18.8 Å². The highest BCUT2D eigenvalue weighted by atomic mass is 32.1. The van der Waals surface area contributed by atoms with Gasteiger partial charge in [0, 0.05) is 30.0 Å². The minimum absolute atomic E-state index is 0.235. The summed E-state index contributed by atoms with van der Waals surface area (Å²) in [5.74, 6) is -1.90. The molecule has 0 saturated carbocycles. The van der Waals surface area contributed by atoms with Crippen LogP contribution in [0.5, 0.6) is 0 Å². The largest absolute Gasteiger partial charge is 0.448 e. The van der Waals surface area contributed by atoms with Crippen molar-refractivity contribution in [1.82, 2.24) is 4.98 Å². The lowest BCUT2D eigenvalue weighted by atomic mass is 9.98. The standard InChI is InChI=1S/C21H16FN3O4S/c1-11(26)23-13-6-7-15(16(22)9-13)17-10-30-21(24-17)25-19(27)18-8-12-4-2-3-5-14(12)20(28)29-18/h2-7,9-10,18H,8H2,1H3,(H,23,26)(H,24,25,27)/t18-/m0/s1. The fourth-order valence-corrected chi connectivity index (χ4v) is 3.84. The number of thiazole rings is 1. The van der Waals surface area contributed by atoms with E-state index in [1.165, 1.54) is 19.1 Å². The van der Waals surface area contributed by atoms with E-state index in [1.807, 2.05) is 0 Å². The van der Waals surface area contributed by atoms with Gasteiger partial charge in [0.25, 0.3) is 5.91 Å². The average molecular weight is 425 g/mol. The number of rotatable bonds is 4. The molecule has 2 aromatic carbocycles. The van der Waals surface area contributed by atoms with Gasteiger partial charge in [0.15, 0.2) is 11.2 Å². The highest BCUT2D eigenvalue weighted by Gasteiger charge is 2.31. The SMILES string of the molecule is CC(=O)Nc1ccc(-c2csc(NC(=O)[C@@H]3Cc4ccccc4C(=O)O3)n2)c(F)c1. The Morgan fingerprint density at radius 3 is 2.73 bits per heavy atom. The maximum atomic E-state index is 14.4. The van der Waals surface area contributed by atoms with Gasteiger partial charge in [-0.3, -0.25) is 14.9 Å². The maximum absolute atomic E-state index is 14.4. The third-order valence-electron chi connectivity index (χ3n) is 4.48. The molecular weight excluding hydrogens is 409 g/mol. The van der Waals surface area contributed by atoms with Gasteiger partial charge in [-0.2, -0.15) is 0 Å². The van der Waals surface area contributed by atoms with Crippen LogP contribution < -0.4 is 10.6 Å². The fraction of sp³-hybridized carbons (Fsp3) is 0.143. The molecule has 9 heteroatoms. The molecular formula is C21H16FN3O4S. The van der Waals surface area contributed by atoms with Crippen molar-refractivity contribution in [1.29, 1.82) is 0 Å². The second kappa shape index (κ2) is 8.03. The number of amides is 2. The number of ether oxygens (including phenoxy) is 1. The first-order valence-corrected chi connectivity index (χ1v) is 9.91. The second-order valence-corrected chi connectivity index (χ2v) is 7.52. The van der Waals surface area contributed by atoms with E-state index in [1.54, 1.807) is 35.7 Å². The first-order chi connectivity index (χ1) is 14.4. The van der Waals surface area contributed by atoms with Crippen LogP contribution in [0.1, 0.15) is 22.8 Å². The highest BCUT2D eigenvalue weighted by Crippen LogP contribution is 2.29. The molecule has 1 aromatic heterocycles. The lowest BCUT2D eigenvalue weighted by molar-refractivity contribution is -0.125. The summed E-state index contributed by atoms with van der Waals surface area (Å²) in [6, 6.07) is 11.2. The fourth-order valence-electron chi connectivity index (χ4n) is 3.12. The van der Waals surface area contributed by atoms with Crippen LogP contribution in [0.2, 0.25) is 0 Å². The number of cyclic esters (lactones) is 1. The molecule has 1 aliphatic rings. The lowest BCUT2D eigenvalue weighted by Gasteiger charge is -2.23. The van der Waals surface area contributed by atoms with Crippen LogP contribution >= 0.6 is 11.3 Å². The van der Waals surface area contributed by atoms with Gasteiger partial charge in [-0.05, 0) is 29.8 Å². The van der Waals surface area contributed by atoms with Gasteiger partial charge in [-0.1, -0.05) is 18.2 Å². The molecule has 0 spiro atoms. The summed E-state index contributed by atoms with van der Waals surface area (Å²) >= 11 is 1.13. The Labute approximate surface area is 174 Å². The van der Waals surface area contributed by atoms with E-state index < -0.39 is 23.8 Å². The molecule has 3 aromatic rings. The molecule has 0 fully saturated rings. The smallest absolute Gasteiger partial charge is 0.339 e. The number of hydrogen-bond donors (Lipinski definition) is 2. The Balaban J connectivity index is 1.47. The quantitative estimate of drug-likeness (QED) is 0.622. The van der Waals surface area contributed by atoms with E-state index in [-0.39, 0.29) is 23.0 Å². The van der Waals surface area contributed by atoms with Gasteiger partial charge in [0.05, 0.1) is 11.3 Å². The normalized spacial score (nSPS) is 15.1. The van der Waals surface area contributed by atoms with Crippen molar-refractivity contribution in [2.45, 2.75) is 19.4 Å². The zero-order valence-electron chi connectivity index (χ0n) is 15.8. The summed E-state index contributed by atoms with van der Waals surface area (Å²) in [6.07, 6.45) is -0.695. The number of anilines is 2. The maximum Gasteiger partial charge on any atom is 0.339 e. The molecule has 2 amide bonds. The van der Waals surface area contributed by atoms with Crippen molar-refractivity contribution in [3.05, 3.63) is 64.8 Å². The number of esters is 1. The van der Waals surface area contributed by atoms with Crippen LogP contribution in [0.15, 0.2) is 47.8 Å². The Kier molecular flexibility index (Phi) is 5.28. The third kappa shape index (κ3) is 4.06. The van der Waals surface area contributed by atoms with Gasteiger partial charge >= 0.3 is 5.97 Å². The van der Waals surface area contributed by atoms with E-state index in [4.69, 9.17) is 4.74 Å². The zero-order chi connectivity index (χ0) is 21.3. The van der Waals surface area contributed by atoms with Crippen LogP contribution in [0.4, 0.5) is 15.2 Å². The predicted molar refractivity (Wildman–Crippen MR) is 110 cm³/mol. The van der Waals surface area contributed by atoms with Crippen LogP contribution in [0, 0.1) is 5.82 Å². The first-order valence-electron chi connectivity index (χ1n) is 9.03. The third-order valence-corrected chi connectivity index (χ3v) is 5.24. The Morgan fingerprint density at radius 1 is 1.17 bits per heavy atom. The topological polar surface area (TPSA) is 97.4 Å². The minimum atomic E-state index is -0.964.